The fraction of sp³-hybridized carbons (Fsp3) is 0. The van der Waals surface area contributed by atoms with Crippen LogP contribution in [0, 0.1) is 3.57 Å². The van der Waals surface area contributed by atoms with Crippen molar-refractivity contribution in [2.45, 2.75) is 14.8 Å². The average molecular weight is 728 g/mol. The molecule has 0 unspecified atom stereocenters. The van der Waals surface area contributed by atoms with Crippen LogP contribution in [0.5, 0.6) is 0 Å². The number of nitrogens with zero attached hydrogens (tertiary/aromatic N) is 1. The van der Waals surface area contributed by atoms with Gasteiger partial charge in [0, 0.05) is 22.3 Å². The molecule has 0 aliphatic carbocycles. The standard InChI is InChI=1S/C29H18I2N2OS2/c30-21-16-23(32-28(21)35-19-10-3-1-4-11-19)27(26-15-18-9-7-8-14-25(18)34-26)24-17-22(31)29(33-24)36-20-12-5-2-6-13-20/h1-17,32H/b27-24+. The predicted molar refractivity (Wildman–Crippen MR) is 168 cm³/mol. The van der Waals surface area contributed by atoms with Crippen LogP contribution in [0.25, 0.3) is 16.5 Å². The van der Waals surface area contributed by atoms with E-state index in [1.807, 2.05) is 30.3 Å². The van der Waals surface area contributed by atoms with Gasteiger partial charge in [-0.15, -0.1) is 0 Å². The van der Waals surface area contributed by atoms with Crippen LogP contribution in [0.2, 0.25) is 0 Å². The monoisotopic (exact) mass is 728 g/mol. The van der Waals surface area contributed by atoms with Crippen LogP contribution >= 0.6 is 68.7 Å². The molecular formula is C29H18I2N2OS2. The van der Waals surface area contributed by atoms with Crippen LogP contribution in [0.1, 0.15) is 11.5 Å². The number of allylic oxidation sites excluding steroid dienone is 1. The van der Waals surface area contributed by atoms with Gasteiger partial charge in [0.25, 0.3) is 0 Å². The quantitative estimate of drug-likeness (QED) is 0.183. The van der Waals surface area contributed by atoms with E-state index in [0.29, 0.717) is 0 Å². The van der Waals surface area contributed by atoms with Gasteiger partial charge >= 0.3 is 0 Å². The second kappa shape index (κ2) is 10.6. The number of fused-ring (bicyclic) bond motifs is 1. The molecule has 0 radical (unpaired) electrons. The molecular weight excluding hydrogens is 710 g/mol. The third-order valence-corrected chi connectivity index (χ3v) is 10.00. The van der Waals surface area contributed by atoms with Crippen LogP contribution in [0.4, 0.5) is 0 Å². The molecule has 3 heterocycles. The van der Waals surface area contributed by atoms with E-state index >= 15 is 0 Å². The Balaban J connectivity index is 1.47. The molecule has 1 N–H and O–H groups in total. The zero-order chi connectivity index (χ0) is 24.5. The number of hydrogen-bond donors (Lipinski definition) is 1. The first-order chi connectivity index (χ1) is 17.6. The van der Waals surface area contributed by atoms with Gasteiger partial charge in [-0.2, -0.15) is 0 Å². The number of aromatic amines is 1. The minimum absolute atomic E-state index is 0.801. The minimum atomic E-state index is 0.801. The number of aromatic nitrogens is 1. The second-order valence-electron chi connectivity index (χ2n) is 8.01. The molecule has 36 heavy (non-hydrogen) atoms. The highest BCUT2D eigenvalue weighted by atomic mass is 127. The molecule has 0 saturated heterocycles. The first-order valence-electron chi connectivity index (χ1n) is 11.2. The second-order valence-corrected chi connectivity index (χ2v) is 12.5. The van der Waals surface area contributed by atoms with Gasteiger partial charge in [-0.05, 0) is 93.7 Å². The third-order valence-electron chi connectivity index (χ3n) is 5.54. The number of thioether (sulfide) groups is 1. The summed E-state index contributed by atoms with van der Waals surface area (Å²) in [6.45, 7) is 0. The van der Waals surface area contributed by atoms with Crippen molar-refractivity contribution < 1.29 is 4.42 Å². The Labute approximate surface area is 244 Å². The Morgan fingerprint density at radius 3 is 2.17 bits per heavy atom. The molecule has 2 aromatic heterocycles. The zero-order valence-electron chi connectivity index (χ0n) is 18.7. The topological polar surface area (TPSA) is 41.3 Å². The summed E-state index contributed by atoms with van der Waals surface area (Å²) in [6.07, 6.45) is 2.14. The summed E-state index contributed by atoms with van der Waals surface area (Å²) in [5.74, 6) is 0.801. The van der Waals surface area contributed by atoms with Crippen LogP contribution in [-0.4, -0.2) is 10.0 Å². The molecule has 0 bridgehead atoms. The fourth-order valence-electron chi connectivity index (χ4n) is 3.90. The lowest BCUT2D eigenvalue weighted by Gasteiger charge is -2.05. The predicted octanol–water partition coefficient (Wildman–Crippen LogP) is 9.80. The molecule has 176 valence electrons. The summed E-state index contributed by atoms with van der Waals surface area (Å²) in [5, 5.41) is 3.17. The van der Waals surface area contributed by atoms with E-state index in [-0.39, 0.29) is 0 Å². The molecule has 1 aliphatic rings. The summed E-state index contributed by atoms with van der Waals surface area (Å²) < 4.78 is 8.63. The lowest BCUT2D eigenvalue weighted by molar-refractivity contribution is 0.599. The molecule has 7 heteroatoms. The van der Waals surface area contributed by atoms with Gasteiger partial charge in [0.15, 0.2) is 0 Å². The van der Waals surface area contributed by atoms with Crippen molar-refractivity contribution in [2.75, 3.05) is 0 Å². The Bertz CT molecular complexity index is 1620. The Morgan fingerprint density at radius 1 is 0.778 bits per heavy atom. The maximum atomic E-state index is 6.36. The van der Waals surface area contributed by atoms with Gasteiger partial charge in [0.1, 0.15) is 16.4 Å². The highest BCUT2D eigenvalue weighted by Crippen LogP contribution is 2.41. The minimum Gasteiger partial charge on any atom is -0.456 e. The number of halogens is 2. The summed E-state index contributed by atoms with van der Waals surface area (Å²) in [4.78, 5) is 11.1. The first-order valence-corrected chi connectivity index (χ1v) is 15.0. The molecule has 3 aromatic carbocycles. The number of furan rings is 1. The maximum absolute atomic E-state index is 6.36. The Hall–Kier alpha value is -2.21. The lowest BCUT2D eigenvalue weighted by atomic mass is 10.1. The van der Waals surface area contributed by atoms with E-state index in [1.54, 1.807) is 23.5 Å². The SMILES string of the molecule is IC1=C/C(=C(/c2cc(I)c(Sc3ccccc3)[nH]2)c2cc3ccccc3o2)N=C1Sc1ccccc1. The molecule has 6 rings (SSSR count). The van der Waals surface area contributed by atoms with E-state index in [9.17, 15) is 0 Å². The van der Waals surface area contributed by atoms with Crippen molar-refractivity contribution in [3.05, 3.63) is 127 Å². The van der Waals surface area contributed by atoms with Gasteiger partial charge in [-0.25, -0.2) is 4.99 Å². The van der Waals surface area contributed by atoms with E-state index in [0.717, 1.165) is 50.9 Å². The normalized spacial score (nSPS) is 14.7. The van der Waals surface area contributed by atoms with Crippen LogP contribution < -0.4 is 0 Å². The number of para-hydroxylation sites is 1. The molecule has 5 aromatic rings. The van der Waals surface area contributed by atoms with Crippen molar-refractivity contribution in [2.24, 2.45) is 4.99 Å². The molecule has 0 saturated carbocycles. The van der Waals surface area contributed by atoms with Crippen molar-refractivity contribution in [1.29, 1.82) is 0 Å². The van der Waals surface area contributed by atoms with Gasteiger partial charge in [-0.1, -0.05) is 78.1 Å². The maximum Gasteiger partial charge on any atom is 0.139 e. The van der Waals surface area contributed by atoms with E-state index in [2.05, 4.69) is 123 Å². The van der Waals surface area contributed by atoms with Crippen molar-refractivity contribution >= 4 is 90.3 Å². The molecule has 3 nitrogen and oxygen atoms in total. The number of nitrogens with one attached hydrogen (secondary N) is 1. The van der Waals surface area contributed by atoms with Crippen LogP contribution in [0.15, 0.2) is 137 Å². The average Bonchev–Trinajstić information content (AvgIpc) is 3.58. The molecule has 1 aliphatic heterocycles. The molecule has 0 fully saturated rings. The van der Waals surface area contributed by atoms with Gasteiger partial charge < -0.3 is 9.40 Å². The zero-order valence-corrected chi connectivity index (χ0v) is 24.7. The Morgan fingerprint density at radius 2 is 1.44 bits per heavy atom. The van der Waals surface area contributed by atoms with E-state index < -0.39 is 0 Å². The van der Waals surface area contributed by atoms with Crippen molar-refractivity contribution in [1.82, 2.24) is 4.98 Å². The summed E-state index contributed by atoms with van der Waals surface area (Å²) in [5.41, 5.74) is 3.71. The van der Waals surface area contributed by atoms with Crippen LogP contribution in [-0.2, 0) is 0 Å². The summed E-state index contributed by atoms with van der Waals surface area (Å²) in [6, 6.07) is 33.2. The fourth-order valence-corrected chi connectivity index (χ4v) is 7.09. The third kappa shape index (κ3) is 5.11. The number of aliphatic imine (C=N–C) groups is 1. The van der Waals surface area contributed by atoms with Gasteiger partial charge in [-0.3, -0.25) is 0 Å². The summed E-state index contributed by atoms with van der Waals surface area (Å²) in [7, 11) is 0. The number of rotatable bonds is 5. The number of H-pyrrole nitrogens is 1. The largest absolute Gasteiger partial charge is 0.456 e. The highest BCUT2D eigenvalue weighted by Gasteiger charge is 2.23. The van der Waals surface area contributed by atoms with Crippen molar-refractivity contribution in [3.8, 4) is 0 Å². The highest BCUT2D eigenvalue weighted by molar-refractivity contribution is 14.1. The molecule has 0 amide bonds. The van der Waals surface area contributed by atoms with Gasteiger partial charge in [0.05, 0.1) is 22.0 Å². The van der Waals surface area contributed by atoms with E-state index in [4.69, 9.17) is 9.41 Å². The lowest BCUT2D eigenvalue weighted by Crippen LogP contribution is -1.91. The first kappa shape index (κ1) is 24.1. The summed E-state index contributed by atoms with van der Waals surface area (Å²) >= 11 is 8.18. The molecule has 0 spiro atoms. The van der Waals surface area contributed by atoms with E-state index in [1.165, 1.54) is 9.79 Å². The Kier molecular flexibility index (Phi) is 7.14. The molecule has 0 atom stereocenters. The van der Waals surface area contributed by atoms with Gasteiger partial charge in [0.2, 0.25) is 0 Å². The number of hydrogen-bond acceptors (Lipinski definition) is 4. The van der Waals surface area contributed by atoms with Crippen LogP contribution in [0.3, 0.4) is 0 Å². The van der Waals surface area contributed by atoms with Crippen molar-refractivity contribution in [3.63, 3.8) is 0 Å². The number of benzene rings is 3. The smallest absolute Gasteiger partial charge is 0.139 e.